The zero-order valence-corrected chi connectivity index (χ0v) is 20.5. The molecule has 0 spiro atoms. The van der Waals surface area contributed by atoms with Crippen LogP contribution in [-0.4, -0.2) is 73.6 Å². The number of nitrogens with zero attached hydrogens (tertiary/aromatic N) is 6. The smallest absolute Gasteiger partial charge is 0.254 e. The van der Waals surface area contributed by atoms with E-state index < -0.39 is 0 Å². The number of likely N-dealkylation sites (N-methyl/N-ethyl adjacent to an activating group) is 1. The summed E-state index contributed by atoms with van der Waals surface area (Å²) in [6.45, 7) is 4.62. The molecule has 1 atom stereocenters. The minimum atomic E-state index is 0.0663. The number of amides is 1. The van der Waals surface area contributed by atoms with E-state index in [1.54, 1.807) is 4.68 Å². The lowest BCUT2D eigenvalue weighted by molar-refractivity contribution is 0.0533. The molecule has 3 aromatic heterocycles. The SMILES string of the molecule is CC1CN(C)CCN1C(=O)c1ccc(-c2cc(-c3n[nH]c4cc(-c5cnn(C)c5)ccc34)on2)cc1. The van der Waals surface area contributed by atoms with Gasteiger partial charge in [-0.3, -0.25) is 14.6 Å². The molecule has 1 unspecified atom stereocenters. The maximum absolute atomic E-state index is 13.0. The van der Waals surface area contributed by atoms with Gasteiger partial charge in [0.1, 0.15) is 11.4 Å². The van der Waals surface area contributed by atoms with Crippen molar-refractivity contribution in [2.24, 2.45) is 7.05 Å². The normalized spacial score (nSPS) is 16.6. The first-order valence-electron chi connectivity index (χ1n) is 12.0. The monoisotopic (exact) mass is 481 g/mol. The van der Waals surface area contributed by atoms with E-state index in [0.29, 0.717) is 22.7 Å². The molecule has 1 saturated heterocycles. The number of piperazine rings is 1. The Hall–Kier alpha value is -4.24. The zero-order valence-electron chi connectivity index (χ0n) is 20.5. The maximum atomic E-state index is 13.0. The van der Waals surface area contributed by atoms with Gasteiger partial charge in [-0.05, 0) is 43.8 Å². The zero-order chi connectivity index (χ0) is 24.8. The van der Waals surface area contributed by atoms with Gasteiger partial charge in [0.2, 0.25) is 0 Å². The summed E-state index contributed by atoms with van der Waals surface area (Å²) in [5, 5.41) is 17.0. The van der Waals surface area contributed by atoms with Crippen LogP contribution in [0, 0.1) is 0 Å². The Bertz CT molecular complexity index is 1550. The van der Waals surface area contributed by atoms with Gasteiger partial charge in [-0.15, -0.1) is 0 Å². The van der Waals surface area contributed by atoms with E-state index in [1.807, 2.05) is 66.8 Å². The molecule has 2 aromatic carbocycles. The number of rotatable bonds is 4. The van der Waals surface area contributed by atoms with E-state index in [9.17, 15) is 4.79 Å². The number of carbonyl (C=O) groups excluding carboxylic acids is 1. The van der Waals surface area contributed by atoms with Crippen molar-refractivity contribution in [1.29, 1.82) is 0 Å². The van der Waals surface area contributed by atoms with E-state index >= 15 is 0 Å². The average Bonchev–Trinajstić information content (AvgIpc) is 3.63. The second-order valence-electron chi connectivity index (χ2n) is 9.50. The lowest BCUT2D eigenvalue weighted by Gasteiger charge is -2.38. The van der Waals surface area contributed by atoms with Crippen LogP contribution in [0.4, 0.5) is 0 Å². The largest absolute Gasteiger partial charge is 0.354 e. The molecule has 0 bridgehead atoms. The third kappa shape index (κ3) is 3.97. The second-order valence-corrected chi connectivity index (χ2v) is 9.50. The van der Waals surface area contributed by atoms with Gasteiger partial charge >= 0.3 is 0 Å². The Labute approximate surface area is 208 Å². The van der Waals surface area contributed by atoms with Gasteiger partial charge in [0.15, 0.2) is 5.76 Å². The van der Waals surface area contributed by atoms with E-state index in [2.05, 4.69) is 45.4 Å². The number of hydrogen-bond donors (Lipinski definition) is 1. The maximum Gasteiger partial charge on any atom is 0.254 e. The Morgan fingerprint density at radius 2 is 1.83 bits per heavy atom. The van der Waals surface area contributed by atoms with Gasteiger partial charge in [0.05, 0.1) is 11.7 Å². The molecule has 1 amide bonds. The molecule has 36 heavy (non-hydrogen) atoms. The highest BCUT2D eigenvalue weighted by molar-refractivity contribution is 5.96. The molecular formula is C27H27N7O2. The molecule has 182 valence electrons. The van der Waals surface area contributed by atoms with E-state index in [4.69, 9.17) is 4.52 Å². The fourth-order valence-corrected chi connectivity index (χ4v) is 4.87. The average molecular weight is 482 g/mol. The summed E-state index contributed by atoms with van der Waals surface area (Å²) in [4.78, 5) is 17.2. The summed E-state index contributed by atoms with van der Waals surface area (Å²) in [6, 6.07) is 15.8. The number of H-pyrrole nitrogens is 1. The van der Waals surface area contributed by atoms with Crippen molar-refractivity contribution in [3.8, 4) is 33.8 Å². The van der Waals surface area contributed by atoms with Crippen molar-refractivity contribution in [1.82, 2.24) is 34.9 Å². The van der Waals surface area contributed by atoms with Crippen molar-refractivity contribution >= 4 is 16.8 Å². The van der Waals surface area contributed by atoms with Gasteiger partial charge in [-0.25, -0.2) is 0 Å². The minimum absolute atomic E-state index is 0.0663. The molecule has 1 aliphatic heterocycles. The highest BCUT2D eigenvalue weighted by Gasteiger charge is 2.26. The summed E-state index contributed by atoms with van der Waals surface area (Å²) < 4.78 is 7.44. The number of nitrogens with one attached hydrogen (secondary N) is 1. The fourth-order valence-electron chi connectivity index (χ4n) is 4.87. The van der Waals surface area contributed by atoms with Crippen molar-refractivity contribution in [2.45, 2.75) is 13.0 Å². The van der Waals surface area contributed by atoms with Gasteiger partial charge in [0, 0.05) is 67.1 Å². The standard InChI is InChI=1S/C27H27N7O2/c1-17-15-32(2)10-11-34(17)27(35)19-6-4-18(5-7-19)23-13-25(36-31-23)26-22-9-8-20(12-24(22)29-30-26)21-14-28-33(3)16-21/h4-9,12-14,16-17H,10-11,15H2,1-3H3,(H,29,30). The summed E-state index contributed by atoms with van der Waals surface area (Å²) in [5.41, 5.74) is 5.97. The third-order valence-electron chi connectivity index (χ3n) is 6.86. The van der Waals surface area contributed by atoms with Crippen LogP contribution in [0.1, 0.15) is 17.3 Å². The van der Waals surface area contributed by atoms with E-state index in [1.165, 1.54) is 0 Å². The first-order chi connectivity index (χ1) is 17.5. The fraction of sp³-hybridized carbons (Fsp3) is 0.259. The Morgan fingerprint density at radius 1 is 1.03 bits per heavy atom. The summed E-state index contributed by atoms with van der Waals surface area (Å²) in [7, 11) is 3.99. The number of fused-ring (bicyclic) bond motifs is 1. The molecule has 1 N–H and O–H groups in total. The predicted octanol–water partition coefficient (Wildman–Crippen LogP) is 4.06. The van der Waals surface area contributed by atoms with Crippen molar-refractivity contribution < 1.29 is 9.32 Å². The van der Waals surface area contributed by atoms with Crippen molar-refractivity contribution in [2.75, 3.05) is 26.7 Å². The number of hydrogen-bond acceptors (Lipinski definition) is 6. The molecule has 9 heteroatoms. The Balaban J connectivity index is 1.22. The summed E-state index contributed by atoms with van der Waals surface area (Å²) >= 11 is 0. The Kier molecular flexibility index (Phi) is 5.41. The van der Waals surface area contributed by atoms with Crippen molar-refractivity contribution in [3.63, 3.8) is 0 Å². The molecule has 5 aromatic rings. The summed E-state index contributed by atoms with van der Waals surface area (Å²) in [5.74, 6) is 0.647. The van der Waals surface area contributed by atoms with Crippen LogP contribution < -0.4 is 0 Å². The first kappa shape index (κ1) is 22.2. The number of aromatic amines is 1. The number of aryl methyl sites for hydroxylation is 1. The van der Waals surface area contributed by atoms with Crippen LogP contribution in [0.3, 0.4) is 0 Å². The topological polar surface area (TPSA) is 96.1 Å². The minimum Gasteiger partial charge on any atom is -0.354 e. The molecule has 0 saturated carbocycles. The molecule has 4 heterocycles. The van der Waals surface area contributed by atoms with Gasteiger partial charge in [-0.1, -0.05) is 23.4 Å². The molecular weight excluding hydrogens is 454 g/mol. The summed E-state index contributed by atoms with van der Waals surface area (Å²) in [6.07, 6.45) is 3.82. The van der Waals surface area contributed by atoms with Gasteiger partial charge < -0.3 is 14.3 Å². The van der Waals surface area contributed by atoms with Crippen LogP contribution in [0.5, 0.6) is 0 Å². The number of benzene rings is 2. The van der Waals surface area contributed by atoms with Gasteiger partial charge in [0.25, 0.3) is 5.91 Å². The lowest BCUT2D eigenvalue weighted by Crippen LogP contribution is -2.52. The van der Waals surface area contributed by atoms with Crippen LogP contribution in [-0.2, 0) is 7.05 Å². The molecule has 6 rings (SSSR count). The predicted molar refractivity (Wildman–Crippen MR) is 137 cm³/mol. The van der Waals surface area contributed by atoms with Crippen molar-refractivity contribution in [3.05, 3.63) is 66.5 Å². The van der Waals surface area contributed by atoms with E-state index in [0.717, 1.165) is 47.2 Å². The molecule has 9 nitrogen and oxygen atoms in total. The quantitative estimate of drug-likeness (QED) is 0.416. The van der Waals surface area contributed by atoms with E-state index in [-0.39, 0.29) is 11.9 Å². The van der Waals surface area contributed by atoms with Gasteiger partial charge in [-0.2, -0.15) is 10.2 Å². The Morgan fingerprint density at radius 3 is 2.58 bits per heavy atom. The number of aromatic nitrogens is 5. The van der Waals surface area contributed by atoms with Crippen LogP contribution in [0.25, 0.3) is 44.7 Å². The molecule has 1 fully saturated rings. The highest BCUT2D eigenvalue weighted by atomic mass is 16.5. The van der Waals surface area contributed by atoms with Crippen LogP contribution in [0.15, 0.2) is 65.4 Å². The first-order valence-corrected chi connectivity index (χ1v) is 12.0. The van der Waals surface area contributed by atoms with Crippen LogP contribution in [0.2, 0.25) is 0 Å². The van der Waals surface area contributed by atoms with Crippen LogP contribution >= 0.6 is 0 Å². The third-order valence-corrected chi connectivity index (χ3v) is 6.86. The molecule has 0 aliphatic carbocycles. The highest BCUT2D eigenvalue weighted by Crippen LogP contribution is 2.32. The second kappa shape index (κ2) is 8.76. The molecule has 0 radical (unpaired) electrons. The lowest BCUT2D eigenvalue weighted by atomic mass is 10.0. The number of carbonyl (C=O) groups is 1. The molecule has 1 aliphatic rings.